The lowest BCUT2D eigenvalue weighted by atomic mass is 10.0. The number of hydrogen-bond acceptors (Lipinski definition) is 3. The Bertz CT molecular complexity index is 694. The van der Waals surface area contributed by atoms with Crippen molar-refractivity contribution in [2.75, 3.05) is 26.2 Å². The summed E-state index contributed by atoms with van der Waals surface area (Å²) in [5.74, 6) is 1.08. The van der Waals surface area contributed by atoms with Crippen LogP contribution in [0.25, 0.3) is 0 Å². The van der Waals surface area contributed by atoms with Gasteiger partial charge in [-0.2, -0.15) is 0 Å². The zero-order valence-electron chi connectivity index (χ0n) is 13.1. The van der Waals surface area contributed by atoms with E-state index < -0.39 is 0 Å². The number of amides is 2. The molecule has 0 unspecified atom stereocenters. The Hall–Kier alpha value is -2.11. The first-order valence-electron chi connectivity index (χ1n) is 8.34. The molecule has 6 nitrogen and oxygen atoms in total. The molecule has 3 heterocycles. The van der Waals surface area contributed by atoms with Crippen molar-refractivity contribution in [2.24, 2.45) is 17.8 Å². The quantitative estimate of drug-likeness (QED) is 0.796. The topological polar surface area (TPSA) is 62.6 Å². The van der Waals surface area contributed by atoms with Crippen molar-refractivity contribution in [3.05, 3.63) is 34.7 Å². The van der Waals surface area contributed by atoms with Crippen molar-refractivity contribution in [3.8, 4) is 0 Å². The summed E-state index contributed by atoms with van der Waals surface area (Å²) in [5.41, 5.74) is -0.174. The summed E-state index contributed by atoms with van der Waals surface area (Å²) in [6.45, 7) is 2.89. The maximum atomic E-state index is 12.5. The van der Waals surface area contributed by atoms with Gasteiger partial charge in [0.2, 0.25) is 11.8 Å². The van der Waals surface area contributed by atoms with Gasteiger partial charge in [-0.15, -0.1) is 0 Å². The van der Waals surface area contributed by atoms with Crippen LogP contribution in [0.3, 0.4) is 0 Å². The van der Waals surface area contributed by atoms with Crippen LogP contribution in [0.2, 0.25) is 0 Å². The van der Waals surface area contributed by atoms with Crippen LogP contribution in [-0.4, -0.2) is 52.4 Å². The minimum absolute atomic E-state index is 0.0369. The van der Waals surface area contributed by atoms with Gasteiger partial charge in [-0.05, 0) is 24.8 Å². The molecule has 0 spiro atoms. The first kappa shape index (κ1) is 14.5. The summed E-state index contributed by atoms with van der Waals surface area (Å²) >= 11 is 0. The first-order chi connectivity index (χ1) is 11.1. The van der Waals surface area contributed by atoms with Gasteiger partial charge in [-0.25, -0.2) is 0 Å². The van der Waals surface area contributed by atoms with Gasteiger partial charge in [-0.3, -0.25) is 14.4 Å². The molecule has 4 rings (SSSR count). The van der Waals surface area contributed by atoms with E-state index in [-0.39, 0.29) is 35.8 Å². The van der Waals surface area contributed by atoms with E-state index >= 15 is 0 Å². The molecule has 1 aliphatic carbocycles. The summed E-state index contributed by atoms with van der Waals surface area (Å²) in [4.78, 5) is 40.3. The maximum absolute atomic E-state index is 12.5. The number of likely N-dealkylation sites (tertiary alicyclic amines) is 2. The van der Waals surface area contributed by atoms with Crippen LogP contribution in [0.1, 0.15) is 12.8 Å². The van der Waals surface area contributed by atoms with E-state index in [9.17, 15) is 14.4 Å². The Kier molecular flexibility index (Phi) is 3.47. The van der Waals surface area contributed by atoms with E-state index in [4.69, 9.17) is 0 Å². The van der Waals surface area contributed by atoms with Gasteiger partial charge in [0.05, 0.1) is 5.92 Å². The summed E-state index contributed by atoms with van der Waals surface area (Å²) in [5, 5.41) is 0. The Balaban J connectivity index is 1.38. The fourth-order valence-corrected chi connectivity index (χ4v) is 3.76. The number of pyridine rings is 1. The summed E-state index contributed by atoms with van der Waals surface area (Å²) < 4.78 is 1.41. The van der Waals surface area contributed by atoms with E-state index in [1.807, 2.05) is 4.90 Å². The van der Waals surface area contributed by atoms with E-state index in [1.165, 1.54) is 23.5 Å². The van der Waals surface area contributed by atoms with E-state index in [0.717, 1.165) is 13.1 Å². The molecule has 3 fully saturated rings. The van der Waals surface area contributed by atoms with Gasteiger partial charge >= 0.3 is 0 Å². The SMILES string of the molecule is O=C(Cn1ccccc1=O)N1C[C@H]2CN(CC3CC3)C(=O)[C@H]2C1. The molecule has 23 heavy (non-hydrogen) atoms. The van der Waals surface area contributed by atoms with E-state index in [0.29, 0.717) is 19.0 Å². The summed E-state index contributed by atoms with van der Waals surface area (Å²) in [7, 11) is 0. The molecule has 2 atom stereocenters. The predicted molar refractivity (Wildman–Crippen MR) is 83.6 cm³/mol. The van der Waals surface area contributed by atoms with Gasteiger partial charge in [0.15, 0.2) is 0 Å². The van der Waals surface area contributed by atoms with E-state index in [2.05, 4.69) is 0 Å². The summed E-state index contributed by atoms with van der Waals surface area (Å²) in [6.07, 6.45) is 4.12. The first-order valence-corrected chi connectivity index (χ1v) is 8.34. The number of carbonyl (C=O) groups is 2. The van der Waals surface area contributed by atoms with Crippen LogP contribution in [0.15, 0.2) is 29.2 Å². The number of carbonyl (C=O) groups excluding carboxylic acids is 2. The fourth-order valence-electron chi connectivity index (χ4n) is 3.76. The highest BCUT2D eigenvalue weighted by atomic mass is 16.2. The predicted octanol–water partition coefficient (Wildman–Crippen LogP) is 0.175. The van der Waals surface area contributed by atoms with Crippen LogP contribution in [0, 0.1) is 17.8 Å². The third kappa shape index (κ3) is 2.78. The maximum Gasteiger partial charge on any atom is 0.250 e. The molecule has 1 aromatic heterocycles. The second-order valence-electron chi connectivity index (χ2n) is 7.02. The lowest BCUT2D eigenvalue weighted by Gasteiger charge is -2.22. The Labute approximate surface area is 134 Å². The molecule has 6 heteroatoms. The van der Waals surface area contributed by atoms with Crippen molar-refractivity contribution in [1.82, 2.24) is 14.4 Å². The van der Waals surface area contributed by atoms with Crippen molar-refractivity contribution >= 4 is 11.8 Å². The standard InChI is InChI=1S/C17H21N3O3/c21-15-3-1-2-6-18(15)11-16(22)19-8-13-9-20(7-12-4-5-12)17(23)14(13)10-19/h1-3,6,12-14H,4-5,7-11H2/t13-,14-/m0/s1. The van der Waals surface area contributed by atoms with Crippen LogP contribution in [0.5, 0.6) is 0 Å². The van der Waals surface area contributed by atoms with Gasteiger partial charge in [-0.1, -0.05) is 6.07 Å². The molecule has 3 aliphatic rings. The number of aromatic nitrogens is 1. The van der Waals surface area contributed by atoms with Gasteiger partial charge in [0.1, 0.15) is 6.54 Å². The molecule has 0 N–H and O–H groups in total. The van der Waals surface area contributed by atoms with Crippen LogP contribution in [-0.2, 0) is 16.1 Å². The largest absolute Gasteiger partial charge is 0.342 e. The summed E-state index contributed by atoms with van der Waals surface area (Å²) in [6, 6.07) is 4.86. The molecule has 1 aromatic rings. The minimum atomic E-state index is -0.174. The molecule has 1 saturated carbocycles. The second kappa shape index (κ2) is 5.51. The Morgan fingerprint density at radius 1 is 1.13 bits per heavy atom. The average molecular weight is 315 g/mol. The highest BCUT2D eigenvalue weighted by Gasteiger charge is 2.48. The Morgan fingerprint density at radius 3 is 2.65 bits per heavy atom. The number of hydrogen-bond donors (Lipinski definition) is 0. The van der Waals surface area contributed by atoms with Crippen LogP contribution >= 0.6 is 0 Å². The highest BCUT2D eigenvalue weighted by molar-refractivity contribution is 5.84. The van der Waals surface area contributed by atoms with E-state index in [1.54, 1.807) is 23.2 Å². The van der Waals surface area contributed by atoms with Gasteiger partial charge in [0, 0.05) is 44.4 Å². The van der Waals surface area contributed by atoms with Crippen molar-refractivity contribution < 1.29 is 9.59 Å². The van der Waals surface area contributed by atoms with Crippen LogP contribution in [0.4, 0.5) is 0 Å². The zero-order valence-corrected chi connectivity index (χ0v) is 13.1. The molecule has 0 bridgehead atoms. The van der Waals surface area contributed by atoms with Crippen molar-refractivity contribution in [2.45, 2.75) is 19.4 Å². The third-order valence-corrected chi connectivity index (χ3v) is 5.26. The molecule has 2 saturated heterocycles. The minimum Gasteiger partial charge on any atom is -0.342 e. The number of fused-ring (bicyclic) bond motifs is 1. The molecule has 0 radical (unpaired) electrons. The van der Waals surface area contributed by atoms with Gasteiger partial charge < -0.3 is 14.4 Å². The molecular formula is C17H21N3O3. The van der Waals surface area contributed by atoms with Crippen molar-refractivity contribution in [1.29, 1.82) is 0 Å². The number of nitrogens with zero attached hydrogens (tertiary/aromatic N) is 3. The van der Waals surface area contributed by atoms with Crippen LogP contribution < -0.4 is 5.56 Å². The molecular weight excluding hydrogens is 294 g/mol. The number of rotatable bonds is 4. The fraction of sp³-hybridized carbons (Fsp3) is 0.588. The third-order valence-electron chi connectivity index (χ3n) is 5.26. The van der Waals surface area contributed by atoms with Crippen molar-refractivity contribution in [3.63, 3.8) is 0 Å². The average Bonchev–Trinajstić information content (AvgIpc) is 3.17. The lowest BCUT2D eigenvalue weighted by molar-refractivity contribution is -0.133. The molecule has 2 aliphatic heterocycles. The monoisotopic (exact) mass is 315 g/mol. The molecule has 2 amide bonds. The normalized spacial score (nSPS) is 26.7. The second-order valence-corrected chi connectivity index (χ2v) is 7.02. The zero-order chi connectivity index (χ0) is 16.0. The molecule has 0 aromatic carbocycles. The van der Waals surface area contributed by atoms with Gasteiger partial charge in [0.25, 0.3) is 5.56 Å². The highest BCUT2D eigenvalue weighted by Crippen LogP contribution is 2.36. The smallest absolute Gasteiger partial charge is 0.250 e. The molecule has 122 valence electrons. The Morgan fingerprint density at radius 2 is 1.96 bits per heavy atom. The lowest BCUT2D eigenvalue weighted by Crippen LogP contribution is -2.38.